The van der Waals surface area contributed by atoms with Gasteiger partial charge in [-0.15, -0.1) is 0 Å². The summed E-state index contributed by atoms with van der Waals surface area (Å²) in [5, 5.41) is 0. The molecule has 2 aromatic carbocycles. The van der Waals surface area contributed by atoms with E-state index in [0.29, 0.717) is 30.5 Å². The number of rotatable bonds is 5. The molecule has 31 heavy (non-hydrogen) atoms. The monoisotopic (exact) mass is 425 g/mol. The second-order valence-electron chi connectivity index (χ2n) is 8.24. The molecule has 1 saturated heterocycles. The lowest BCUT2D eigenvalue weighted by Crippen LogP contribution is -2.43. The molecule has 2 aromatic rings. The molecule has 1 heterocycles. The van der Waals surface area contributed by atoms with Crippen molar-refractivity contribution >= 4 is 17.7 Å². The van der Waals surface area contributed by atoms with Gasteiger partial charge in [0.05, 0.1) is 5.92 Å². The summed E-state index contributed by atoms with van der Waals surface area (Å²) in [6.07, 6.45) is 1.26. The van der Waals surface area contributed by atoms with Gasteiger partial charge in [0.15, 0.2) is 6.61 Å². The number of amides is 1. The lowest BCUT2D eigenvalue weighted by atomic mass is 9.93. The van der Waals surface area contributed by atoms with Crippen molar-refractivity contribution in [3.63, 3.8) is 0 Å². The Bertz CT molecular complexity index is 1010. The van der Waals surface area contributed by atoms with E-state index >= 15 is 0 Å². The molecule has 0 bridgehead atoms. The molecule has 0 N–H and O–H groups in total. The number of carbonyl (C=O) groups excluding carboxylic acids is 3. The number of Topliss-reactive ketones (excluding diaryl/α,β-unsaturated/α-hetero) is 1. The number of hydrogen-bond acceptors (Lipinski definition) is 4. The van der Waals surface area contributed by atoms with Gasteiger partial charge in [-0.1, -0.05) is 0 Å². The molecule has 3 rings (SSSR count). The molecule has 1 atom stereocenters. The number of piperidine rings is 1. The highest BCUT2D eigenvalue weighted by Gasteiger charge is 2.30. The molecule has 0 aromatic heterocycles. The maximum atomic E-state index is 13.1. The number of ether oxygens (including phenoxy) is 1. The minimum absolute atomic E-state index is 0.227. The number of nitrogens with zero attached hydrogens (tertiary/aromatic N) is 1. The van der Waals surface area contributed by atoms with Crippen molar-refractivity contribution in [1.82, 2.24) is 4.90 Å². The first-order valence-electron chi connectivity index (χ1n) is 10.5. The summed E-state index contributed by atoms with van der Waals surface area (Å²) in [5.74, 6) is -1.82. The normalized spacial score (nSPS) is 16.2. The zero-order chi connectivity index (χ0) is 22.7. The molecule has 1 aliphatic heterocycles. The average Bonchev–Trinajstić information content (AvgIpc) is 2.78. The minimum atomic E-state index is -0.478. The van der Waals surface area contributed by atoms with E-state index in [9.17, 15) is 18.8 Å². The van der Waals surface area contributed by atoms with Crippen LogP contribution in [0.3, 0.4) is 0 Å². The van der Waals surface area contributed by atoms with Crippen LogP contribution in [0.15, 0.2) is 30.3 Å². The van der Waals surface area contributed by atoms with Gasteiger partial charge in [-0.25, -0.2) is 4.39 Å². The van der Waals surface area contributed by atoms with Crippen LogP contribution in [0, 0.1) is 39.4 Å². The smallest absolute Gasteiger partial charge is 0.311 e. The summed E-state index contributed by atoms with van der Waals surface area (Å²) in [4.78, 5) is 39.5. The van der Waals surface area contributed by atoms with Crippen LogP contribution in [-0.2, 0) is 9.53 Å². The summed E-state index contributed by atoms with van der Waals surface area (Å²) >= 11 is 0. The Morgan fingerprint density at radius 1 is 1.03 bits per heavy atom. The van der Waals surface area contributed by atoms with Gasteiger partial charge in [0, 0.05) is 24.2 Å². The summed E-state index contributed by atoms with van der Waals surface area (Å²) in [6, 6.07) is 7.20. The lowest BCUT2D eigenvalue weighted by Gasteiger charge is -2.31. The Hall–Kier alpha value is -3.02. The number of carbonyl (C=O) groups is 3. The fraction of sp³-hybridized carbons (Fsp3) is 0.400. The molecular weight excluding hydrogens is 397 g/mol. The van der Waals surface area contributed by atoms with E-state index in [2.05, 4.69) is 0 Å². The van der Waals surface area contributed by atoms with Crippen molar-refractivity contribution in [1.29, 1.82) is 0 Å². The zero-order valence-corrected chi connectivity index (χ0v) is 18.5. The number of benzene rings is 2. The van der Waals surface area contributed by atoms with Gasteiger partial charge in [-0.05, 0) is 93.1 Å². The average molecular weight is 426 g/mol. The largest absolute Gasteiger partial charge is 0.457 e. The van der Waals surface area contributed by atoms with Crippen molar-refractivity contribution in [2.45, 2.75) is 40.5 Å². The Labute approximate surface area is 182 Å². The lowest BCUT2D eigenvalue weighted by molar-refractivity contribution is -0.148. The van der Waals surface area contributed by atoms with Gasteiger partial charge in [0.25, 0.3) is 5.91 Å². The predicted octanol–water partition coefficient (Wildman–Crippen LogP) is 4.34. The molecule has 164 valence electrons. The SMILES string of the molecule is Cc1cc(C(=O)COC(=O)C2CCCN(C(=O)c3ccc(F)cc3)C2)c(C)c(C)c1C. The molecule has 0 aliphatic carbocycles. The van der Waals surface area contributed by atoms with Gasteiger partial charge in [-0.3, -0.25) is 14.4 Å². The standard InChI is InChI=1S/C25H28FNO4/c1-15-12-22(18(4)17(3)16(15)2)23(28)14-31-25(30)20-6-5-11-27(13-20)24(29)19-7-9-21(26)10-8-19/h7-10,12,20H,5-6,11,13-14H2,1-4H3. The first-order valence-corrected chi connectivity index (χ1v) is 10.5. The zero-order valence-electron chi connectivity index (χ0n) is 18.5. The fourth-order valence-electron chi connectivity index (χ4n) is 3.96. The Kier molecular flexibility index (Phi) is 6.88. The number of hydrogen-bond donors (Lipinski definition) is 0. The van der Waals surface area contributed by atoms with Crippen molar-refractivity contribution in [3.8, 4) is 0 Å². The maximum Gasteiger partial charge on any atom is 0.311 e. The summed E-state index contributed by atoms with van der Waals surface area (Å²) in [5.41, 5.74) is 5.10. The molecule has 0 radical (unpaired) electrons. The molecule has 6 heteroatoms. The van der Waals surface area contributed by atoms with Crippen LogP contribution in [0.25, 0.3) is 0 Å². The quantitative estimate of drug-likeness (QED) is 0.528. The fourth-order valence-corrected chi connectivity index (χ4v) is 3.96. The summed E-state index contributed by atoms with van der Waals surface area (Å²) < 4.78 is 18.4. The summed E-state index contributed by atoms with van der Waals surface area (Å²) in [6.45, 7) is 8.30. The Morgan fingerprint density at radius 2 is 1.71 bits per heavy atom. The first-order chi connectivity index (χ1) is 14.7. The van der Waals surface area contributed by atoms with Crippen molar-refractivity contribution in [3.05, 3.63) is 69.5 Å². The molecule has 0 spiro atoms. The highest BCUT2D eigenvalue weighted by atomic mass is 19.1. The van der Waals surface area contributed by atoms with Gasteiger partial charge < -0.3 is 9.64 Å². The molecule has 0 saturated carbocycles. The van der Waals surface area contributed by atoms with Crippen LogP contribution in [-0.4, -0.2) is 42.3 Å². The highest BCUT2D eigenvalue weighted by molar-refractivity contribution is 6.00. The van der Waals surface area contributed by atoms with E-state index < -0.39 is 17.7 Å². The van der Waals surface area contributed by atoms with Gasteiger partial charge in [0.1, 0.15) is 5.82 Å². The molecule has 5 nitrogen and oxygen atoms in total. The number of aryl methyl sites for hydroxylation is 1. The third kappa shape index (κ3) is 5.01. The van der Waals surface area contributed by atoms with Crippen molar-refractivity contribution in [2.75, 3.05) is 19.7 Å². The first kappa shape index (κ1) is 22.7. The molecule has 1 unspecified atom stereocenters. The van der Waals surface area contributed by atoms with Crippen LogP contribution in [0.4, 0.5) is 4.39 Å². The van der Waals surface area contributed by atoms with Gasteiger partial charge in [-0.2, -0.15) is 0 Å². The van der Waals surface area contributed by atoms with Crippen LogP contribution in [0.5, 0.6) is 0 Å². The number of halogens is 1. The Morgan fingerprint density at radius 3 is 2.39 bits per heavy atom. The third-order valence-corrected chi connectivity index (χ3v) is 6.26. The third-order valence-electron chi connectivity index (χ3n) is 6.26. The summed E-state index contributed by atoms with van der Waals surface area (Å²) in [7, 11) is 0. The van der Waals surface area contributed by atoms with Crippen LogP contribution >= 0.6 is 0 Å². The van der Waals surface area contributed by atoms with E-state index in [-0.39, 0.29) is 24.8 Å². The maximum absolute atomic E-state index is 13.1. The van der Waals surface area contributed by atoms with E-state index in [4.69, 9.17) is 4.74 Å². The van der Waals surface area contributed by atoms with E-state index in [1.165, 1.54) is 24.3 Å². The molecule has 1 amide bonds. The van der Waals surface area contributed by atoms with E-state index in [1.807, 2.05) is 33.8 Å². The predicted molar refractivity (Wildman–Crippen MR) is 116 cm³/mol. The Balaban J connectivity index is 1.61. The van der Waals surface area contributed by atoms with Gasteiger partial charge in [0.2, 0.25) is 5.78 Å². The number of likely N-dealkylation sites (tertiary alicyclic amines) is 1. The highest BCUT2D eigenvalue weighted by Crippen LogP contribution is 2.23. The topological polar surface area (TPSA) is 63.7 Å². The van der Waals surface area contributed by atoms with Crippen LogP contribution in [0.1, 0.15) is 55.8 Å². The van der Waals surface area contributed by atoms with Gasteiger partial charge >= 0.3 is 5.97 Å². The number of ketones is 1. The number of esters is 1. The van der Waals surface area contributed by atoms with Crippen molar-refractivity contribution in [2.24, 2.45) is 5.92 Å². The second kappa shape index (κ2) is 9.41. The van der Waals surface area contributed by atoms with Crippen molar-refractivity contribution < 1.29 is 23.5 Å². The molecule has 1 fully saturated rings. The second-order valence-corrected chi connectivity index (χ2v) is 8.24. The molecular formula is C25H28FNO4. The van der Waals surface area contributed by atoms with Crippen LogP contribution < -0.4 is 0 Å². The van der Waals surface area contributed by atoms with E-state index in [1.54, 1.807) is 4.90 Å². The minimum Gasteiger partial charge on any atom is -0.457 e. The van der Waals surface area contributed by atoms with Crippen LogP contribution in [0.2, 0.25) is 0 Å². The molecule has 1 aliphatic rings. The van der Waals surface area contributed by atoms with E-state index in [0.717, 1.165) is 22.3 Å².